The first-order valence-corrected chi connectivity index (χ1v) is 8.28. The molecule has 0 fully saturated rings. The summed E-state index contributed by atoms with van der Waals surface area (Å²) in [5.41, 5.74) is 4.86. The molecule has 120 valence electrons. The summed E-state index contributed by atoms with van der Waals surface area (Å²) in [4.78, 5) is 25.9. The number of amides is 1. The lowest BCUT2D eigenvalue weighted by Crippen LogP contribution is -2.28. The third-order valence-electron chi connectivity index (χ3n) is 4.57. The Morgan fingerprint density at radius 2 is 2.00 bits per heavy atom. The van der Waals surface area contributed by atoms with Crippen molar-refractivity contribution in [2.75, 3.05) is 0 Å². The van der Waals surface area contributed by atoms with Gasteiger partial charge in [0, 0.05) is 0 Å². The van der Waals surface area contributed by atoms with Gasteiger partial charge >= 0.3 is 0 Å². The van der Waals surface area contributed by atoms with Crippen molar-refractivity contribution >= 4 is 12.2 Å². The Hall–Kier alpha value is -2.36. The van der Waals surface area contributed by atoms with Gasteiger partial charge in [-0.15, -0.1) is 0 Å². The number of rotatable bonds is 5. The summed E-state index contributed by atoms with van der Waals surface area (Å²) in [6, 6.07) is 9.81. The van der Waals surface area contributed by atoms with E-state index < -0.39 is 0 Å². The molecule has 1 atom stereocenters. The molecule has 1 aromatic heterocycles. The molecule has 1 aliphatic rings. The van der Waals surface area contributed by atoms with Gasteiger partial charge in [-0.3, -0.25) is 9.59 Å². The summed E-state index contributed by atoms with van der Waals surface area (Å²) < 4.78 is 0. The number of aromatic amines is 1. The second-order valence-corrected chi connectivity index (χ2v) is 6.11. The van der Waals surface area contributed by atoms with Crippen LogP contribution in [-0.2, 0) is 12.8 Å². The van der Waals surface area contributed by atoms with Gasteiger partial charge in [0.25, 0.3) is 5.91 Å². The molecular weight excluding hydrogens is 288 g/mol. The van der Waals surface area contributed by atoms with Gasteiger partial charge in [0.15, 0.2) is 6.29 Å². The fraction of sp³-hybridized carbons (Fsp3) is 0.368. The van der Waals surface area contributed by atoms with Gasteiger partial charge in [-0.2, -0.15) is 0 Å². The van der Waals surface area contributed by atoms with E-state index in [0.29, 0.717) is 17.7 Å². The van der Waals surface area contributed by atoms with E-state index in [1.165, 1.54) is 24.0 Å². The molecule has 1 aliphatic carbocycles. The van der Waals surface area contributed by atoms with Gasteiger partial charge < -0.3 is 10.3 Å². The first kappa shape index (κ1) is 15.5. The summed E-state index contributed by atoms with van der Waals surface area (Å²) in [5.74, 6) is -0.178. The fourth-order valence-electron chi connectivity index (χ4n) is 3.24. The molecule has 0 saturated heterocycles. The van der Waals surface area contributed by atoms with E-state index in [1.54, 1.807) is 12.1 Å². The van der Waals surface area contributed by atoms with Gasteiger partial charge in [0.05, 0.1) is 11.7 Å². The number of aldehydes is 1. The maximum atomic E-state index is 12.3. The molecule has 3 rings (SSSR count). The average Bonchev–Trinajstić information content (AvgIpc) is 3.08. The minimum Gasteiger partial charge on any atom is -0.348 e. The van der Waals surface area contributed by atoms with E-state index in [9.17, 15) is 9.59 Å². The number of fused-ring (bicyclic) bond motifs is 1. The van der Waals surface area contributed by atoms with Crippen LogP contribution in [0, 0.1) is 0 Å². The molecule has 0 saturated carbocycles. The number of carbonyl (C=O) groups is 2. The lowest BCUT2D eigenvalue weighted by molar-refractivity contribution is 0.0931. The van der Waals surface area contributed by atoms with Crippen LogP contribution in [0.25, 0.3) is 0 Å². The van der Waals surface area contributed by atoms with Crippen molar-refractivity contribution in [1.29, 1.82) is 0 Å². The second kappa shape index (κ2) is 6.82. The Kier molecular flexibility index (Phi) is 4.60. The van der Waals surface area contributed by atoms with Crippen LogP contribution < -0.4 is 5.32 Å². The van der Waals surface area contributed by atoms with E-state index in [-0.39, 0.29) is 11.9 Å². The molecule has 4 nitrogen and oxygen atoms in total. The molecule has 0 spiro atoms. The van der Waals surface area contributed by atoms with E-state index in [0.717, 1.165) is 24.8 Å². The first-order chi connectivity index (χ1) is 11.2. The van der Waals surface area contributed by atoms with Gasteiger partial charge in [-0.1, -0.05) is 25.1 Å². The molecule has 0 aliphatic heterocycles. The molecule has 1 aromatic carbocycles. The quantitative estimate of drug-likeness (QED) is 0.829. The zero-order valence-electron chi connectivity index (χ0n) is 13.4. The van der Waals surface area contributed by atoms with Crippen molar-refractivity contribution in [2.24, 2.45) is 0 Å². The molecule has 2 aromatic rings. The zero-order chi connectivity index (χ0) is 16.2. The third-order valence-corrected chi connectivity index (χ3v) is 4.57. The number of hydrogen-bond acceptors (Lipinski definition) is 2. The normalized spacial score (nSPS) is 14.8. The highest BCUT2D eigenvalue weighted by atomic mass is 16.2. The molecule has 23 heavy (non-hydrogen) atoms. The van der Waals surface area contributed by atoms with Crippen LogP contribution in [0.4, 0.5) is 0 Å². The van der Waals surface area contributed by atoms with Crippen LogP contribution in [0.2, 0.25) is 0 Å². The highest BCUT2D eigenvalue weighted by molar-refractivity contribution is 5.93. The maximum Gasteiger partial charge on any atom is 0.268 e. The summed E-state index contributed by atoms with van der Waals surface area (Å²) in [5, 5.41) is 3.06. The van der Waals surface area contributed by atoms with E-state index in [1.807, 2.05) is 0 Å². The number of hydrogen-bond donors (Lipinski definition) is 2. The highest BCUT2D eigenvalue weighted by Crippen LogP contribution is 2.26. The van der Waals surface area contributed by atoms with E-state index >= 15 is 0 Å². The van der Waals surface area contributed by atoms with Crippen LogP contribution >= 0.6 is 0 Å². The van der Waals surface area contributed by atoms with E-state index in [4.69, 9.17) is 0 Å². The standard InChI is InChI=1S/C19H22N2O2/c1-2-17(21-19(23)18-10-9-16(12-22)20-18)15-8-7-13-5-3-4-6-14(13)11-15/h7-12,17,20H,2-6H2,1H3,(H,21,23). The smallest absolute Gasteiger partial charge is 0.268 e. The fourth-order valence-corrected chi connectivity index (χ4v) is 3.24. The highest BCUT2D eigenvalue weighted by Gasteiger charge is 2.17. The topological polar surface area (TPSA) is 62.0 Å². The van der Waals surface area contributed by atoms with Crippen LogP contribution in [-0.4, -0.2) is 17.2 Å². The van der Waals surface area contributed by atoms with Crippen LogP contribution in [0.5, 0.6) is 0 Å². The number of benzene rings is 1. The van der Waals surface area contributed by atoms with Crippen LogP contribution in [0.3, 0.4) is 0 Å². The van der Waals surface area contributed by atoms with Gasteiger partial charge in [0.1, 0.15) is 5.69 Å². The molecule has 1 heterocycles. The maximum absolute atomic E-state index is 12.3. The molecule has 1 unspecified atom stereocenters. The predicted octanol–water partition coefficient (Wildman–Crippen LogP) is 3.59. The lowest BCUT2D eigenvalue weighted by Gasteiger charge is -2.21. The van der Waals surface area contributed by atoms with Crippen molar-refractivity contribution in [1.82, 2.24) is 10.3 Å². The number of aromatic nitrogens is 1. The Labute approximate surface area is 136 Å². The lowest BCUT2D eigenvalue weighted by atomic mass is 9.89. The Bertz CT molecular complexity index is 718. The number of nitrogens with one attached hydrogen (secondary N) is 2. The Morgan fingerprint density at radius 3 is 2.70 bits per heavy atom. The van der Waals surface area contributed by atoms with E-state index in [2.05, 4.69) is 35.4 Å². The zero-order valence-corrected chi connectivity index (χ0v) is 13.4. The van der Waals surface area contributed by atoms with Crippen LogP contribution in [0.15, 0.2) is 30.3 Å². The van der Waals surface area contributed by atoms with Crippen molar-refractivity contribution in [3.05, 3.63) is 58.4 Å². The average molecular weight is 310 g/mol. The first-order valence-electron chi connectivity index (χ1n) is 8.28. The van der Waals surface area contributed by atoms with Crippen molar-refractivity contribution in [3.63, 3.8) is 0 Å². The predicted molar refractivity (Wildman–Crippen MR) is 89.8 cm³/mol. The SMILES string of the molecule is CCC(NC(=O)c1ccc(C=O)[nH]1)c1ccc2c(c1)CCCC2. The van der Waals surface area contributed by atoms with Gasteiger partial charge in [-0.25, -0.2) is 0 Å². The largest absolute Gasteiger partial charge is 0.348 e. The van der Waals surface area contributed by atoms with Gasteiger partial charge in [0.2, 0.25) is 0 Å². The summed E-state index contributed by atoms with van der Waals surface area (Å²) in [7, 11) is 0. The van der Waals surface area contributed by atoms with Crippen molar-refractivity contribution < 1.29 is 9.59 Å². The number of carbonyl (C=O) groups excluding carboxylic acids is 2. The molecule has 2 N–H and O–H groups in total. The third kappa shape index (κ3) is 3.36. The molecule has 0 bridgehead atoms. The molecule has 0 radical (unpaired) electrons. The monoisotopic (exact) mass is 310 g/mol. The minimum absolute atomic E-state index is 0.0160. The number of aryl methyl sites for hydroxylation is 2. The van der Waals surface area contributed by atoms with Gasteiger partial charge in [-0.05, 0) is 60.9 Å². The minimum atomic E-state index is -0.178. The number of H-pyrrole nitrogens is 1. The summed E-state index contributed by atoms with van der Waals surface area (Å²) in [6.45, 7) is 2.07. The van der Waals surface area contributed by atoms with Crippen LogP contribution in [0.1, 0.15) is 69.9 Å². The Balaban J connectivity index is 1.76. The summed E-state index contributed by atoms with van der Waals surface area (Å²) >= 11 is 0. The van der Waals surface area contributed by atoms with Crippen molar-refractivity contribution in [3.8, 4) is 0 Å². The molecule has 4 heteroatoms. The van der Waals surface area contributed by atoms with Crippen molar-refractivity contribution in [2.45, 2.75) is 45.1 Å². The Morgan fingerprint density at radius 1 is 1.22 bits per heavy atom. The second-order valence-electron chi connectivity index (χ2n) is 6.11. The molecule has 1 amide bonds. The summed E-state index contributed by atoms with van der Waals surface area (Å²) in [6.07, 6.45) is 6.34. The molecular formula is C19H22N2O2.